The van der Waals surface area contributed by atoms with E-state index in [1.165, 1.54) is 0 Å². The molecule has 1 aromatic carbocycles. The van der Waals surface area contributed by atoms with Gasteiger partial charge in [0, 0.05) is 11.1 Å². The molecule has 0 saturated carbocycles. The average molecular weight is 323 g/mol. The van der Waals surface area contributed by atoms with Crippen LogP contribution in [0, 0.1) is 0 Å². The Morgan fingerprint density at radius 3 is 2.22 bits per heavy atom. The molecule has 0 radical (unpaired) electrons. The number of pyridine rings is 1. The maximum Gasteiger partial charge on any atom is 0.129 e. The van der Waals surface area contributed by atoms with E-state index in [1.54, 1.807) is 24.3 Å². The van der Waals surface area contributed by atoms with Gasteiger partial charge in [-0.3, -0.25) is 0 Å². The Balaban J connectivity index is 2.66. The minimum Gasteiger partial charge on any atom is -0.390 e. The van der Waals surface area contributed by atoms with E-state index in [0.29, 0.717) is 32.0 Å². The monoisotopic (exact) mass is 321 g/mol. The number of hydrogen-bond donors (Lipinski definition) is 1. The van der Waals surface area contributed by atoms with Crippen LogP contribution in [0.1, 0.15) is 5.69 Å². The molecule has 0 fully saturated rings. The molecule has 0 unspecified atom stereocenters. The zero-order valence-corrected chi connectivity index (χ0v) is 11.9. The summed E-state index contributed by atoms with van der Waals surface area (Å²) in [6.45, 7) is -0.244. The first-order chi connectivity index (χ1) is 8.54. The maximum atomic E-state index is 9.30. The second kappa shape index (κ2) is 5.64. The summed E-state index contributed by atoms with van der Waals surface area (Å²) in [4.78, 5) is 4.04. The quantitative estimate of drug-likeness (QED) is 0.633. The Bertz CT molecular complexity index is 601. The first kappa shape index (κ1) is 13.9. The number of halogens is 4. The van der Waals surface area contributed by atoms with Gasteiger partial charge in [-0.2, -0.15) is 0 Å². The molecule has 0 atom stereocenters. The Labute approximate surface area is 124 Å². The van der Waals surface area contributed by atoms with E-state index < -0.39 is 0 Å². The molecule has 0 saturated heterocycles. The van der Waals surface area contributed by atoms with Crippen molar-refractivity contribution in [3.63, 3.8) is 0 Å². The van der Waals surface area contributed by atoms with Crippen LogP contribution in [0.5, 0.6) is 0 Å². The van der Waals surface area contributed by atoms with Crippen molar-refractivity contribution in [2.75, 3.05) is 0 Å². The van der Waals surface area contributed by atoms with Crippen molar-refractivity contribution >= 4 is 46.4 Å². The van der Waals surface area contributed by atoms with E-state index in [2.05, 4.69) is 4.98 Å². The summed E-state index contributed by atoms with van der Waals surface area (Å²) in [5.41, 5.74) is 1.76. The molecule has 1 aromatic heterocycles. The van der Waals surface area contributed by atoms with Crippen LogP contribution in [-0.4, -0.2) is 10.1 Å². The third-order valence-corrected chi connectivity index (χ3v) is 3.92. The van der Waals surface area contributed by atoms with E-state index in [4.69, 9.17) is 46.4 Å². The first-order valence-electron chi connectivity index (χ1n) is 4.94. The summed E-state index contributed by atoms with van der Waals surface area (Å²) in [7, 11) is 0. The number of aliphatic hydroxyl groups is 1. The number of aliphatic hydroxyl groups excluding tert-OH is 1. The Kier molecular flexibility index (Phi) is 4.36. The highest BCUT2D eigenvalue weighted by atomic mass is 35.5. The number of nitrogens with zero attached hydrogens (tertiary/aromatic N) is 1. The predicted octanol–water partition coefficient (Wildman–Crippen LogP) is 4.85. The van der Waals surface area contributed by atoms with Crippen LogP contribution in [0.2, 0.25) is 20.2 Å². The zero-order chi connectivity index (χ0) is 13.3. The van der Waals surface area contributed by atoms with Gasteiger partial charge in [0.15, 0.2) is 0 Å². The van der Waals surface area contributed by atoms with E-state index in [0.717, 1.165) is 0 Å². The summed E-state index contributed by atoms with van der Waals surface area (Å²) in [6.07, 6.45) is 0. The number of benzene rings is 1. The fraction of sp³-hybridized carbons (Fsp3) is 0.0833. The third kappa shape index (κ3) is 2.58. The van der Waals surface area contributed by atoms with Gasteiger partial charge in [0.2, 0.25) is 0 Å². The van der Waals surface area contributed by atoms with Crippen molar-refractivity contribution < 1.29 is 5.11 Å². The standard InChI is InChI=1S/C12H7Cl4NO/c13-8-3-1-7(11(15)12(8)16)6-2-4-10(14)17-9(6)5-18/h1-4,18H,5H2. The highest BCUT2D eigenvalue weighted by Crippen LogP contribution is 2.39. The second-order valence-corrected chi connectivity index (χ2v) is 5.06. The van der Waals surface area contributed by atoms with Crippen molar-refractivity contribution in [1.82, 2.24) is 4.98 Å². The zero-order valence-electron chi connectivity index (χ0n) is 8.92. The van der Waals surface area contributed by atoms with E-state index in [9.17, 15) is 5.11 Å². The highest BCUT2D eigenvalue weighted by molar-refractivity contribution is 6.49. The lowest BCUT2D eigenvalue weighted by Crippen LogP contribution is -1.95. The van der Waals surface area contributed by atoms with Crippen LogP contribution < -0.4 is 0 Å². The molecule has 2 rings (SSSR count). The van der Waals surface area contributed by atoms with Crippen molar-refractivity contribution in [3.05, 3.63) is 50.2 Å². The molecule has 0 aliphatic rings. The van der Waals surface area contributed by atoms with Gasteiger partial charge >= 0.3 is 0 Å². The molecule has 1 heterocycles. The lowest BCUT2D eigenvalue weighted by molar-refractivity contribution is 0.277. The molecular weight excluding hydrogens is 316 g/mol. The van der Waals surface area contributed by atoms with Gasteiger partial charge in [-0.05, 0) is 18.2 Å². The lowest BCUT2D eigenvalue weighted by atomic mass is 10.0. The predicted molar refractivity (Wildman–Crippen MR) is 75.6 cm³/mol. The topological polar surface area (TPSA) is 33.1 Å². The first-order valence-corrected chi connectivity index (χ1v) is 6.46. The summed E-state index contributed by atoms with van der Waals surface area (Å²) < 4.78 is 0. The molecule has 0 aliphatic heterocycles. The van der Waals surface area contributed by atoms with E-state index >= 15 is 0 Å². The van der Waals surface area contributed by atoms with Crippen LogP contribution in [0.4, 0.5) is 0 Å². The van der Waals surface area contributed by atoms with Crippen LogP contribution in [0.15, 0.2) is 24.3 Å². The van der Waals surface area contributed by atoms with Crippen LogP contribution >= 0.6 is 46.4 Å². The van der Waals surface area contributed by atoms with Gasteiger partial charge in [0.25, 0.3) is 0 Å². The summed E-state index contributed by atoms with van der Waals surface area (Å²) >= 11 is 23.8. The van der Waals surface area contributed by atoms with E-state index in [-0.39, 0.29) is 11.6 Å². The molecule has 0 spiro atoms. The Morgan fingerprint density at radius 1 is 0.889 bits per heavy atom. The molecule has 18 heavy (non-hydrogen) atoms. The summed E-state index contributed by atoms with van der Waals surface area (Å²) in [6, 6.07) is 6.71. The largest absolute Gasteiger partial charge is 0.390 e. The van der Waals surface area contributed by atoms with Crippen LogP contribution in [-0.2, 0) is 6.61 Å². The normalized spacial score (nSPS) is 10.7. The van der Waals surface area contributed by atoms with Gasteiger partial charge in [-0.15, -0.1) is 0 Å². The molecule has 0 amide bonds. The molecule has 2 aromatic rings. The third-order valence-electron chi connectivity index (χ3n) is 2.42. The van der Waals surface area contributed by atoms with Crippen LogP contribution in [0.3, 0.4) is 0 Å². The minimum absolute atomic E-state index is 0.244. The Morgan fingerprint density at radius 2 is 1.56 bits per heavy atom. The number of rotatable bonds is 2. The second-order valence-electron chi connectivity index (χ2n) is 3.51. The smallest absolute Gasteiger partial charge is 0.129 e. The average Bonchev–Trinajstić information content (AvgIpc) is 2.37. The van der Waals surface area contributed by atoms with Crippen LogP contribution in [0.25, 0.3) is 11.1 Å². The molecule has 6 heteroatoms. The fourth-order valence-electron chi connectivity index (χ4n) is 1.57. The van der Waals surface area contributed by atoms with Gasteiger partial charge in [-0.25, -0.2) is 4.98 Å². The van der Waals surface area contributed by atoms with Gasteiger partial charge in [-0.1, -0.05) is 52.5 Å². The van der Waals surface area contributed by atoms with Gasteiger partial charge in [0.1, 0.15) is 5.15 Å². The van der Waals surface area contributed by atoms with Crippen molar-refractivity contribution in [3.8, 4) is 11.1 Å². The fourth-order valence-corrected chi connectivity index (χ4v) is 2.38. The molecule has 1 N–H and O–H groups in total. The van der Waals surface area contributed by atoms with Crippen molar-refractivity contribution in [2.24, 2.45) is 0 Å². The Hall–Kier alpha value is -0.510. The van der Waals surface area contributed by atoms with E-state index in [1.807, 2.05) is 0 Å². The number of hydrogen-bond acceptors (Lipinski definition) is 2. The molecule has 94 valence electrons. The minimum atomic E-state index is -0.244. The molecule has 0 aliphatic carbocycles. The van der Waals surface area contributed by atoms with Crippen molar-refractivity contribution in [1.29, 1.82) is 0 Å². The van der Waals surface area contributed by atoms with Crippen molar-refractivity contribution in [2.45, 2.75) is 6.61 Å². The number of aromatic nitrogens is 1. The summed E-state index contributed by atoms with van der Waals surface area (Å²) in [5.74, 6) is 0. The lowest BCUT2D eigenvalue weighted by Gasteiger charge is -2.10. The van der Waals surface area contributed by atoms with Gasteiger partial charge < -0.3 is 5.11 Å². The maximum absolute atomic E-state index is 9.30. The SMILES string of the molecule is OCc1nc(Cl)ccc1-c1ccc(Cl)c(Cl)c1Cl. The molecule has 2 nitrogen and oxygen atoms in total. The molecular formula is C12H7Cl4NO. The highest BCUT2D eigenvalue weighted by Gasteiger charge is 2.14. The summed E-state index contributed by atoms with van der Waals surface area (Å²) in [5, 5.41) is 10.6. The molecule has 0 bridgehead atoms. The van der Waals surface area contributed by atoms with Gasteiger partial charge in [0.05, 0.1) is 27.4 Å².